The van der Waals surface area contributed by atoms with E-state index in [1.54, 1.807) is 0 Å². The van der Waals surface area contributed by atoms with E-state index in [1.165, 1.54) is 0 Å². The molecule has 3 unspecified atom stereocenters. The zero-order valence-electron chi connectivity index (χ0n) is 19.5. The lowest BCUT2D eigenvalue weighted by molar-refractivity contribution is -0.138. The van der Waals surface area contributed by atoms with Crippen molar-refractivity contribution >= 4 is 29.7 Å². The van der Waals surface area contributed by atoms with Crippen molar-refractivity contribution in [1.29, 1.82) is 0 Å². The minimum Gasteiger partial charge on any atom is -0.480 e. The van der Waals surface area contributed by atoms with Gasteiger partial charge in [-0.2, -0.15) is 0 Å². The van der Waals surface area contributed by atoms with E-state index < -0.39 is 48.4 Å². The average molecular weight is 473 g/mol. The highest BCUT2D eigenvalue weighted by molar-refractivity contribution is 5.93. The molecule has 0 heterocycles. The monoisotopic (exact) mass is 472 g/mol. The molecule has 0 aromatic heterocycles. The van der Waals surface area contributed by atoms with Crippen LogP contribution in [0.4, 0.5) is 0 Å². The molecule has 0 radical (unpaired) electrons. The second kappa shape index (κ2) is 16.7. The molecule has 0 bridgehead atoms. The number of guanidine groups is 1. The van der Waals surface area contributed by atoms with Gasteiger partial charge in [0.15, 0.2) is 5.96 Å². The van der Waals surface area contributed by atoms with Crippen LogP contribution in [0.2, 0.25) is 0 Å². The first-order valence-electron chi connectivity index (χ1n) is 11.1. The van der Waals surface area contributed by atoms with Crippen LogP contribution in [-0.2, 0) is 19.2 Å². The van der Waals surface area contributed by atoms with Crippen LogP contribution < -0.4 is 38.9 Å². The van der Waals surface area contributed by atoms with Gasteiger partial charge in [0.2, 0.25) is 17.7 Å². The molecule has 0 aliphatic rings. The summed E-state index contributed by atoms with van der Waals surface area (Å²) >= 11 is 0. The molecule has 0 fully saturated rings. The van der Waals surface area contributed by atoms with Crippen LogP contribution in [0.15, 0.2) is 4.99 Å². The van der Waals surface area contributed by atoms with Crippen molar-refractivity contribution in [2.75, 3.05) is 19.6 Å². The average Bonchev–Trinajstić information content (AvgIpc) is 2.72. The van der Waals surface area contributed by atoms with Crippen LogP contribution in [-0.4, -0.2) is 72.5 Å². The summed E-state index contributed by atoms with van der Waals surface area (Å²) in [6.07, 6.45) is 2.46. The number of amides is 3. The maximum Gasteiger partial charge on any atom is 0.322 e. The van der Waals surface area contributed by atoms with E-state index in [2.05, 4.69) is 20.9 Å². The molecule has 0 rings (SSSR count). The number of carboxylic acid groups (broad SMARTS) is 1. The van der Waals surface area contributed by atoms with E-state index in [0.717, 1.165) is 0 Å². The highest BCUT2D eigenvalue weighted by Gasteiger charge is 2.28. The van der Waals surface area contributed by atoms with E-state index >= 15 is 0 Å². The largest absolute Gasteiger partial charge is 0.480 e. The Hall–Kier alpha value is -2.93. The minimum absolute atomic E-state index is 0.0888. The van der Waals surface area contributed by atoms with Gasteiger partial charge in [0.25, 0.3) is 0 Å². The standard InChI is InChI=1S/C20H40N8O5/c1-12(2)10-13(22)17(31)27-15(7-5-9-25-20(23)24)19(33)28-14(6-3-4-8-21)18(32)26-11-16(29)30/h12-15H,3-11,21-22H2,1-2H3,(H,26,32)(H,27,31)(H,28,33)(H,29,30)(H4,23,24,25). The van der Waals surface area contributed by atoms with Gasteiger partial charge in [-0.15, -0.1) is 0 Å². The summed E-state index contributed by atoms with van der Waals surface area (Å²) in [5, 5.41) is 16.3. The molecule has 0 spiro atoms. The predicted octanol–water partition coefficient (Wildman–Crippen LogP) is -2.29. The number of aliphatic imine (C=N–C) groups is 1. The molecule has 13 nitrogen and oxygen atoms in total. The lowest BCUT2D eigenvalue weighted by atomic mass is 10.0. The van der Waals surface area contributed by atoms with E-state index in [4.69, 9.17) is 28.0 Å². The smallest absolute Gasteiger partial charge is 0.322 e. The molecule has 3 atom stereocenters. The van der Waals surface area contributed by atoms with Crippen molar-refractivity contribution < 1.29 is 24.3 Å². The summed E-state index contributed by atoms with van der Waals surface area (Å²) in [6.45, 7) is 3.93. The zero-order valence-corrected chi connectivity index (χ0v) is 19.5. The summed E-state index contributed by atoms with van der Waals surface area (Å²) < 4.78 is 0. The third-order valence-electron chi connectivity index (χ3n) is 4.63. The fraction of sp³-hybridized carbons (Fsp3) is 0.750. The number of nitrogens with two attached hydrogens (primary N) is 4. The van der Waals surface area contributed by atoms with Crippen molar-refractivity contribution in [3.05, 3.63) is 0 Å². The predicted molar refractivity (Wildman–Crippen MR) is 125 cm³/mol. The van der Waals surface area contributed by atoms with Gasteiger partial charge in [-0.3, -0.25) is 24.2 Å². The highest BCUT2D eigenvalue weighted by atomic mass is 16.4. The SMILES string of the molecule is CC(C)CC(N)C(=O)NC(CCCN=C(N)N)C(=O)NC(CCCCN)C(=O)NCC(=O)O. The number of carboxylic acids is 1. The second-order valence-corrected chi connectivity index (χ2v) is 8.20. The Morgan fingerprint density at radius 2 is 1.48 bits per heavy atom. The van der Waals surface area contributed by atoms with Crippen LogP contribution in [0.5, 0.6) is 0 Å². The first kappa shape index (κ1) is 30.1. The van der Waals surface area contributed by atoms with Gasteiger partial charge in [0, 0.05) is 6.54 Å². The van der Waals surface area contributed by atoms with Crippen molar-refractivity contribution in [2.24, 2.45) is 33.8 Å². The number of rotatable bonds is 17. The van der Waals surface area contributed by atoms with Crippen molar-refractivity contribution in [3.8, 4) is 0 Å². The van der Waals surface area contributed by atoms with Gasteiger partial charge < -0.3 is 44.0 Å². The van der Waals surface area contributed by atoms with Gasteiger partial charge >= 0.3 is 5.97 Å². The van der Waals surface area contributed by atoms with Gasteiger partial charge in [0.05, 0.1) is 6.04 Å². The summed E-state index contributed by atoms with van der Waals surface area (Å²) in [6, 6.07) is -2.75. The fourth-order valence-corrected chi connectivity index (χ4v) is 2.99. The van der Waals surface area contributed by atoms with Gasteiger partial charge in [-0.05, 0) is 51.0 Å². The molecular formula is C20H40N8O5. The summed E-state index contributed by atoms with van der Waals surface area (Å²) in [4.78, 5) is 52.5. The first-order valence-corrected chi connectivity index (χ1v) is 11.1. The first-order chi connectivity index (χ1) is 15.5. The van der Waals surface area contributed by atoms with Crippen molar-refractivity contribution in [1.82, 2.24) is 16.0 Å². The molecule has 0 aromatic carbocycles. The molecular weight excluding hydrogens is 432 g/mol. The van der Waals surface area contributed by atoms with Gasteiger partial charge in [-0.1, -0.05) is 13.8 Å². The second-order valence-electron chi connectivity index (χ2n) is 8.20. The van der Waals surface area contributed by atoms with E-state index in [0.29, 0.717) is 32.2 Å². The summed E-state index contributed by atoms with van der Waals surface area (Å²) in [5.41, 5.74) is 22.0. The number of aliphatic carboxylic acids is 1. The van der Waals surface area contributed by atoms with Crippen molar-refractivity contribution in [3.63, 3.8) is 0 Å². The molecule has 13 heteroatoms. The minimum atomic E-state index is -1.21. The number of hydrogen-bond donors (Lipinski definition) is 8. The maximum atomic E-state index is 13.0. The lowest BCUT2D eigenvalue weighted by Gasteiger charge is -2.24. The quantitative estimate of drug-likeness (QED) is 0.0644. The maximum absolute atomic E-state index is 13.0. The highest BCUT2D eigenvalue weighted by Crippen LogP contribution is 2.07. The number of nitrogens with zero attached hydrogens (tertiary/aromatic N) is 1. The van der Waals surface area contributed by atoms with Crippen LogP contribution in [0.1, 0.15) is 52.4 Å². The van der Waals surface area contributed by atoms with Crippen LogP contribution in [0.25, 0.3) is 0 Å². The molecule has 0 aliphatic carbocycles. The molecule has 33 heavy (non-hydrogen) atoms. The zero-order chi connectivity index (χ0) is 25.4. The molecule has 190 valence electrons. The molecule has 3 amide bonds. The van der Waals surface area contributed by atoms with Gasteiger partial charge in [0.1, 0.15) is 18.6 Å². The fourth-order valence-electron chi connectivity index (χ4n) is 2.99. The number of hydrogen-bond acceptors (Lipinski definition) is 7. The Kier molecular flexibility index (Phi) is 15.2. The van der Waals surface area contributed by atoms with Crippen LogP contribution >= 0.6 is 0 Å². The Bertz CT molecular complexity index is 667. The lowest BCUT2D eigenvalue weighted by Crippen LogP contribution is -2.56. The van der Waals surface area contributed by atoms with E-state index in [-0.39, 0.29) is 31.3 Å². The normalized spacial score (nSPS) is 13.5. The third-order valence-corrected chi connectivity index (χ3v) is 4.63. The van der Waals surface area contributed by atoms with E-state index in [9.17, 15) is 19.2 Å². The Labute approximate surface area is 194 Å². The van der Waals surface area contributed by atoms with E-state index in [1.807, 2.05) is 13.8 Å². The molecule has 12 N–H and O–H groups in total. The van der Waals surface area contributed by atoms with Crippen LogP contribution in [0.3, 0.4) is 0 Å². The Morgan fingerprint density at radius 1 is 0.909 bits per heavy atom. The molecule has 0 aromatic rings. The number of carbonyl (C=O) groups is 4. The van der Waals surface area contributed by atoms with Crippen LogP contribution in [0, 0.1) is 5.92 Å². The molecule has 0 saturated heterocycles. The number of unbranched alkanes of at least 4 members (excludes halogenated alkanes) is 1. The van der Waals surface area contributed by atoms with Crippen molar-refractivity contribution in [2.45, 2.75) is 70.5 Å². The Balaban J connectivity index is 5.35. The number of nitrogens with one attached hydrogen (secondary N) is 3. The number of carbonyl (C=O) groups excluding carboxylic acids is 3. The third kappa shape index (κ3) is 14.7. The molecule has 0 aliphatic heterocycles. The summed E-state index contributed by atoms with van der Waals surface area (Å²) in [7, 11) is 0. The Morgan fingerprint density at radius 3 is 2.03 bits per heavy atom. The van der Waals surface area contributed by atoms with Gasteiger partial charge in [-0.25, -0.2) is 0 Å². The summed E-state index contributed by atoms with van der Waals surface area (Å²) in [5.74, 6) is -2.82. The topological polar surface area (TPSA) is 241 Å². The molecule has 0 saturated carbocycles.